The largest absolute Gasteiger partial charge is 0.278 e. The number of fused-ring (bicyclic) bond motifs is 1. The first-order chi connectivity index (χ1) is 5.27. The van der Waals surface area contributed by atoms with Crippen LogP contribution < -0.4 is 5.59 Å². The number of aromatic amines is 1. The minimum Gasteiger partial charge on any atom is -0.278 e. The molecule has 2 rings (SSSR count). The summed E-state index contributed by atoms with van der Waals surface area (Å²) in [5.74, 6) is 0. The van der Waals surface area contributed by atoms with Crippen molar-refractivity contribution in [3.8, 4) is 0 Å². The summed E-state index contributed by atoms with van der Waals surface area (Å²) in [4.78, 5) is 0. The van der Waals surface area contributed by atoms with E-state index in [-0.39, 0.29) is 0 Å². The highest BCUT2D eigenvalue weighted by molar-refractivity contribution is 6.37. The van der Waals surface area contributed by atoms with Gasteiger partial charge in [-0.05, 0) is 19.1 Å². The molecule has 0 radical (unpaired) electrons. The molecule has 0 aliphatic carbocycles. The number of benzene rings is 1. The molecule has 1 aromatic carbocycles. The van der Waals surface area contributed by atoms with Crippen molar-refractivity contribution in [3.05, 3.63) is 23.8 Å². The fourth-order valence-corrected chi connectivity index (χ4v) is 1.26. The third kappa shape index (κ3) is 0.927. The van der Waals surface area contributed by atoms with Crippen molar-refractivity contribution < 1.29 is 0 Å². The molecule has 0 unspecified atom stereocenters. The van der Waals surface area contributed by atoms with Crippen LogP contribution >= 0.6 is 0 Å². The minimum atomic E-state index is 1.07. The summed E-state index contributed by atoms with van der Waals surface area (Å²) in [6, 6.07) is 6.29. The summed E-state index contributed by atoms with van der Waals surface area (Å²) >= 11 is 0. The molecule has 1 heterocycles. The van der Waals surface area contributed by atoms with Crippen LogP contribution in [0.25, 0.3) is 10.9 Å². The summed E-state index contributed by atoms with van der Waals surface area (Å²) < 4.78 is 0. The average molecular weight is 144 g/mol. The van der Waals surface area contributed by atoms with Crippen molar-refractivity contribution in [1.82, 2.24) is 10.2 Å². The van der Waals surface area contributed by atoms with E-state index < -0.39 is 0 Å². The first-order valence-electron chi connectivity index (χ1n) is 3.69. The summed E-state index contributed by atoms with van der Waals surface area (Å²) in [6.45, 7) is 2.09. The third-order valence-electron chi connectivity index (χ3n) is 1.91. The summed E-state index contributed by atoms with van der Waals surface area (Å²) in [6.07, 6.45) is 0. The SMILES string of the molecule is Bc1n[nH]c2ccc(C)cc12. The van der Waals surface area contributed by atoms with E-state index in [4.69, 9.17) is 0 Å². The van der Waals surface area contributed by atoms with E-state index >= 15 is 0 Å². The van der Waals surface area contributed by atoms with E-state index in [0.29, 0.717) is 0 Å². The number of hydrogen-bond donors (Lipinski definition) is 1. The normalized spacial score (nSPS) is 10.6. The van der Waals surface area contributed by atoms with Crippen LogP contribution in [0.4, 0.5) is 0 Å². The Balaban J connectivity index is 2.87. The first kappa shape index (κ1) is 6.46. The molecule has 1 N–H and O–H groups in total. The van der Waals surface area contributed by atoms with Crippen molar-refractivity contribution >= 4 is 24.3 Å². The minimum absolute atomic E-state index is 1.07. The Morgan fingerprint density at radius 1 is 1.45 bits per heavy atom. The van der Waals surface area contributed by atoms with Gasteiger partial charge in [0, 0.05) is 11.0 Å². The average Bonchev–Trinajstić information content (AvgIpc) is 2.33. The molecule has 0 bridgehead atoms. The van der Waals surface area contributed by atoms with E-state index in [2.05, 4.69) is 35.3 Å². The van der Waals surface area contributed by atoms with E-state index in [0.717, 1.165) is 11.1 Å². The predicted octanol–water partition coefficient (Wildman–Crippen LogP) is 0.130. The summed E-state index contributed by atoms with van der Waals surface area (Å²) in [7, 11) is 2.01. The number of aryl methyl sites for hydroxylation is 1. The Labute approximate surface area is 66.0 Å². The van der Waals surface area contributed by atoms with E-state index in [9.17, 15) is 0 Å². The zero-order chi connectivity index (χ0) is 7.84. The van der Waals surface area contributed by atoms with Gasteiger partial charge >= 0.3 is 0 Å². The Morgan fingerprint density at radius 2 is 2.27 bits per heavy atom. The molecule has 1 aromatic heterocycles. The Hall–Kier alpha value is -1.25. The fourth-order valence-electron chi connectivity index (χ4n) is 1.26. The smallest absolute Gasteiger partial charge is 0.167 e. The monoisotopic (exact) mass is 144 g/mol. The maximum Gasteiger partial charge on any atom is 0.167 e. The van der Waals surface area contributed by atoms with Crippen LogP contribution in [0.15, 0.2) is 18.2 Å². The van der Waals surface area contributed by atoms with Crippen molar-refractivity contribution in [2.45, 2.75) is 6.92 Å². The summed E-state index contributed by atoms with van der Waals surface area (Å²) in [5, 5.41) is 8.30. The Kier molecular flexibility index (Phi) is 1.25. The highest BCUT2D eigenvalue weighted by atomic mass is 15.1. The van der Waals surface area contributed by atoms with Crippen LogP contribution in [0.3, 0.4) is 0 Å². The highest BCUT2D eigenvalue weighted by Crippen LogP contribution is 2.09. The molecule has 0 saturated heterocycles. The molecule has 0 fully saturated rings. The van der Waals surface area contributed by atoms with Gasteiger partial charge in [-0.25, -0.2) is 0 Å². The standard InChI is InChI=1S/C8H9BN2/c1-5-2-3-7-6(4-5)8(9)11-10-7/h2-4H,9H2,1H3,(H,10,11). The number of nitrogens with one attached hydrogen (secondary N) is 1. The molecule has 2 aromatic rings. The van der Waals surface area contributed by atoms with Gasteiger partial charge in [0.25, 0.3) is 0 Å². The molecular weight excluding hydrogens is 135 g/mol. The fraction of sp³-hybridized carbons (Fsp3) is 0.125. The number of aromatic nitrogens is 2. The topological polar surface area (TPSA) is 28.7 Å². The van der Waals surface area contributed by atoms with E-state index in [1.54, 1.807) is 0 Å². The zero-order valence-electron chi connectivity index (χ0n) is 6.68. The molecular formula is C8H9BN2. The molecule has 0 saturated carbocycles. The number of nitrogens with zero attached hydrogens (tertiary/aromatic N) is 1. The van der Waals surface area contributed by atoms with Gasteiger partial charge in [0.05, 0.1) is 5.52 Å². The molecule has 2 nitrogen and oxygen atoms in total. The maximum atomic E-state index is 4.11. The van der Waals surface area contributed by atoms with Crippen molar-refractivity contribution in [2.24, 2.45) is 0 Å². The van der Waals surface area contributed by atoms with Gasteiger partial charge in [0.2, 0.25) is 0 Å². The zero-order valence-corrected chi connectivity index (χ0v) is 6.68. The van der Waals surface area contributed by atoms with Crippen LogP contribution in [0.5, 0.6) is 0 Å². The molecule has 0 spiro atoms. The van der Waals surface area contributed by atoms with Gasteiger partial charge < -0.3 is 0 Å². The predicted molar refractivity (Wildman–Crippen MR) is 49.0 cm³/mol. The van der Waals surface area contributed by atoms with Crippen LogP contribution in [0.2, 0.25) is 0 Å². The van der Waals surface area contributed by atoms with Crippen molar-refractivity contribution in [1.29, 1.82) is 0 Å². The van der Waals surface area contributed by atoms with Gasteiger partial charge in [0.1, 0.15) is 0 Å². The van der Waals surface area contributed by atoms with Crippen molar-refractivity contribution in [2.75, 3.05) is 0 Å². The van der Waals surface area contributed by atoms with Gasteiger partial charge in [-0.1, -0.05) is 11.6 Å². The lowest BCUT2D eigenvalue weighted by molar-refractivity contribution is 1.14. The van der Waals surface area contributed by atoms with E-state index in [1.807, 2.05) is 7.85 Å². The summed E-state index contributed by atoms with van der Waals surface area (Å²) in [5.41, 5.74) is 3.47. The molecule has 0 amide bonds. The third-order valence-corrected chi connectivity index (χ3v) is 1.91. The second-order valence-electron chi connectivity index (χ2n) is 2.86. The lowest BCUT2D eigenvalue weighted by Gasteiger charge is -1.91. The van der Waals surface area contributed by atoms with Crippen LogP contribution in [0, 0.1) is 6.92 Å². The Morgan fingerprint density at radius 3 is 3.09 bits per heavy atom. The lowest BCUT2D eigenvalue weighted by atomic mass is 9.99. The molecule has 0 atom stereocenters. The van der Waals surface area contributed by atoms with Gasteiger partial charge in [-0.3, -0.25) is 5.10 Å². The number of H-pyrrole nitrogens is 1. The highest BCUT2D eigenvalue weighted by Gasteiger charge is 1.98. The Bertz CT molecular complexity index is 392. The van der Waals surface area contributed by atoms with Crippen LogP contribution in [-0.2, 0) is 0 Å². The second-order valence-corrected chi connectivity index (χ2v) is 2.86. The van der Waals surface area contributed by atoms with E-state index in [1.165, 1.54) is 10.9 Å². The molecule has 0 aliphatic heterocycles. The number of rotatable bonds is 0. The van der Waals surface area contributed by atoms with Crippen LogP contribution in [-0.4, -0.2) is 18.0 Å². The molecule has 54 valence electrons. The van der Waals surface area contributed by atoms with Gasteiger partial charge in [-0.2, -0.15) is 5.10 Å². The second kappa shape index (κ2) is 2.12. The molecule has 11 heavy (non-hydrogen) atoms. The first-order valence-corrected chi connectivity index (χ1v) is 3.69. The lowest BCUT2D eigenvalue weighted by Crippen LogP contribution is -2.02. The van der Waals surface area contributed by atoms with Crippen molar-refractivity contribution in [3.63, 3.8) is 0 Å². The van der Waals surface area contributed by atoms with Gasteiger partial charge in [0.15, 0.2) is 7.85 Å². The maximum absolute atomic E-state index is 4.11. The quantitative estimate of drug-likeness (QED) is 0.523. The molecule has 0 aliphatic rings. The van der Waals surface area contributed by atoms with Gasteiger partial charge in [-0.15, -0.1) is 0 Å². The molecule has 3 heteroatoms. The van der Waals surface area contributed by atoms with Crippen LogP contribution in [0.1, 0.15) is 5.56 Å². The number of hydrogen-bond acceptors (Lipinski definition) is 1.